The summed E-state index contributed by atoms with van der Waals surface area (Å²) >= 11 is 0. The van der Waals surface area contributed by atoms with E-state index in [9.17, 15) is 14.7 Å². The van der Waals surface area contributed by atoms with E-state index in [1.54, 1.807) is 29.2 Å². The van der Waals surface area contributed by atoms with Crippen molar-refractivity contribution in [3.8, 4) is 0 Å². The molecule has 3 rings (SSSR count). The summed E-state index contributed by atoms with van der Waals surface area (Å²) in [6.45, 7) is 3.77. The molecule has 0 radical (unpaired) electrons. The van der Waals surface area contributed by atoms with E-state index in [0.717, 1.165) is 5.56 Å². The molecule has 0 saturated carbocycles. The Balaban J connectivity index is 1.87. The summed E-state index contributed by atoms with van der Waals surface area (Å²) in [7, 11) is 0. The number of amides is 1. The number of nitrogens with zero attached hydrogens (tertiary/aromatic N) is 1. The van der Waals surface area contributed by atoms with Crippen molar-refractivity contribution in [3.63, 3.8) is 0 Å². The van der Waals surface area contributed by atoms with Gasteiger partial charge in [-0.05, 0) is 31.6 Å². The number of hydrogen-bond acceptors (Lipinski definition) is 3. The number of para-hydroxylation sites is 1. The molecule has 0 spiro atoms. The highest BCUT2D eigenvalue weighted by molar-refractivity contribution is 6.10. The fraction of sp³-hybridized carbons (Fsp3) is 0.238. The van der Waals surface area contributed by atoms with Gasteiger partial charge in [0.25, 0.3) is 5.91 Å². The maximum atomic E-state index is 12.8. The zero-order valence-electron chi connectivity index (χ0n) is 14.3. The maximum Gasteiger partial charge on any atom is 0.264 e. The van der Waals surface area contributed by atoms with Crippen LogP contribution in [0.5, 0.6) is 0 Å². The highest BCUT2D eigenvalue weighted by Crippen LogP contribution is 2.43. The molecule has 0 saturated heterocycles. The molecule has 0 aromatic heterocycles. The van der Waals surface area contributed by atoms with E-state index < -0.39 is 11.5 Å². The second-order valence-electron chi connectivity index (χ2n) is 6.53. The molecule has 0 fully saturated rings. The van der Waals surface area contributed by atoms with Crippen molar-refractivity contribution in [2.24, 2.45) is 0 Å². The van der Waals surface area contributed by atoms with Gasteiger partial charge in [-0.2, -0.15) is 0 Å². The van der Waals surface area contributed by atoms with E-state index in [-0.39, 0.29) is 18.2 Å². The summed E-state index contributed by atoms with van der Waals surface area (Å²) in [5, 5.41) is 11.1. The quantitative estimate of drug-likeness (QED) is 0.853. The van der Waals surface area contributed by atoms with Gasteiger partial charge in [-0.15, -0.1) is 0 Å². The Morgan fingerprint density at radius 1 is 1.12 bits per heavy atom. The van der Waals surface area contributed by atoms with E-state index in [2.05, 4.69) is 0 Å². The molecule has 1 amide bonds. The predicted molar refractivity (Wildman–Crippen MR) is 98.1 cm³/mol. The van der Waals surface area contributed by atoms with Crippen molar-refractivity contribution in [1.29, 1.82) is 0 Å². The lowest BCUT2D eigenvalue weighted by atomic mass is 9.89. The molecule has 1 aliphatic heterocycles. The van der Waals surface area contributed by atoms with Crippen molar-refractivity contribution >= 4 is 23.5 Å². The smallest absolute Gasteiger partial charge is 0.264 e. The average Bonchev–Trinajstić information content (AvgIpc) is 2.82. The Labute approximate surface area is 147 Å². The Bertz CT molecular complexity index is 826. The van der Waals surface area contributed by atoms with Crippen LogP contribution in [0.25, 0.3) is 6.08 Å². The van der Waals surface area contributed by atoms with Crippen LogP contribution in [-0.2, 0) is 15.2 Å². The fourth-order valence-electron chi connectivity index (χ4n) is 3.21. The highest BCUT2D eigenvalue weighted by atomic mass is 16.3. The highest BCUT2D eigenvalue weighted by Gasteiger charge is 2.51. The first kappa shape index (κ1) is 17.1. The maximum absolute atomic E-state index is 12.8. The molecular formula is C21H21NO3. The fourth-order valence-corrected chi connectivity index (χ4v) is 3.21. The van der Waals surface area contributed by atoms with Gasteiger partial charge in [-0.1, -0.05) is 54.6 Å². The first-order valence-electron chi connectivity index (χ1n) is 8.35. The number of anilines is 1. The van der Waals surface area contributed by atoms with Gasteiger partial charge in [0.05, 0.1) is 12.1 Å². The number of benzene rings is 2. The Hall–Kier alpha value is -2.72. The van der Waals surface area contributed by atoms with Crippen LogP contribution in [0, 0.1) is 0 Å². The molecule has 2 aromatic carbocycles. The van der Waals surface area contributed by atoms with Crippen LogP contribution in [0.2, 0.25) is 0 Å². The van der Waals surface area contributed by atoms with Crippen LogP contribution < -0.4 is 4.90 Å². The van der Waals surface area contributed by atoms with E-state index in [0.29, 0.717) is 11.3 Å². The van der Waals surface area contributed by atoms with Crippen molar-refractivity contribution in [2.45, 2.75) is 31.9 Å². The van der Waals surface area contributed by atoms with Crippen molar-refractivity contribution < 1.29 is 14.7 Å². The number of ketones is 1. The molecule has 1 heterocycles. The molecule has 1 aliphatic rings. The molecule has 4 nitrogen and oxygen atoms in total. The molecule has 1 atom stereocenters. The van der Waals surface area contributed by atoms with Gasteiger partial charge in [0.2, 0.25) is 0 Å². The molecule has 4 heteroatoms. The van der Waals surface area contributed by atoms with Gasteiger partial charge < -0.3 is 10.0 Å². The zero-order chi connectivity index (χ0) is 18.0. The third kappa shape index (κ3) is 3.13. The van der Waals surface area contributed by atoms with Crippen molar-refractivity contribution in [1.82, 2.24) is 0 Å². The molecule has 2 aromatic rings. The predicted octanol–water partition coefficient (Wildman–Crippen LogP) is 3.30. The minimum atomic E-state index is -1.81. The first-order valence-corrected chi connectivity index (χ1v) is 8.35. The first-order chi connectivity index (χ1) is 11.9. The normalized spacial score (nSPS) is 19.7. The lowest BCUT2D eigenvalue weighted by Crippen LogP contribution is -2.44. The summed E-state index contributed by atoms with van der Waals surface area (Å²) in [6, 6.07) is 16.4. The van der Waals surface area contributed by atoms with Gasteiger partial charge in [-0.25, -0.2) is 0 Å². The second-order valence-corrected chi connectivity index (χ2v) is 6.53. The van der Waals surface area contributed by atoms with E-state index in [4.69, 9.17) is 0 Å². The summed E-state index contributed by atoms with van der Waals surface area (Å²) in [4.78, 5) is 26.8. The second kappa shape index (κ2) is 6.65. The van der Waals surface area contributed by atoms with Crippen LogP contribution in [0.15, 0.2) is 60.7 Å². The molecule has 0 bridgehead atoms. The zero-order valence-corrected chi connectivity index (χ0v) is 14.3. The van der Waals surface area contributed by atoms with Crippen molar-refractivity contribution in [3.05, 3.63) is 71.8 Å². The standard InChI is InChI=1S/C21H21NO3/c1-15(2)22-19-11-7-6-10-18(19)21(25,20(22)24)14-17(23)13-12-16-8-4-3-5-9-16/h3-13,15,25H,14H2,1-2H3/b13-12+/t21-/m0/s1. The number of hydrogen-bond donors (Lipinski definition) is 1. The van der Waals surface area contributed by atoms with Crippen LogP contribution in [-0.4, -0.2) is 22.8 Å². The molecule has 25 heavy (non-hydrogen) atoms. The van der Waals surface area contributed by atoms with E-state index >= 15 is 0 Å². The Morgan fingerprint density at radius 2 is 1.76 bits per heavy atom. The lowest BCUT2D eigenvalue weighted by Gasteiger charge is -2.25. The van der Waals surface area contributed by atoms with E-state index in [1.807, 2.05) is 50.2 Å². The van der Waals surface area contributed by atoms with Gasteiger partial charge in [-0.3, -0.25) is 9.59 Å². The SMILES string of the molecule is CC(C)N1C(=O)[C@](O)(CC(=O)/C=C/c2ccccc2)c2ccccc21. The summed E-state index contributed by atoms with van der Waals surface area (Å²) in [5.41, 5.74) is 0.253. The van der Waals surface area contributed by atoms with E-state index in [1.165, 1.54) is 6.08 Å². The number of fused-ring (bicyclic) bond motifs is 1. The average molecular weight is 335 g/mol. The summed E-state index contributed by atoms with van der Waals surface area (Å²) in [6.07, 6.45) is 2.84. The number of aliphatic hydroxyl groups is 1. The molecule has 128 valence electrons. The van der Waals surface area contributed by atoms with Crippen LogP contribution in [0.3, 0.4) is 0 Å². The van der Waals surface area contributed by atoms with Gasteiger partial charge in [0, 0.05) is 11.6 Å². The molecule has 1 N–H and O–H groups in total. The monoisotopic (exact) mass is 335 g/mol. The third-order valence-corrected chi connectivity index (χ3v) is 4.39. The number of allylic oxidation sites excluding steroid dienone is 1. The van der Waals surface area contributed by atoms with Gasteiger partial charge >= 0.3 is 0 Å². The summed E-state index contributed by atoms with van der Waals surface area (Å²) < 4.78 is 0. The molecular weight excluding hydrogens is 314 g/mol. The minimum Gasteiger partial charge on any atom is -0.375 e. The lowest BCUT2D eigenvalue weighted by molar-refractivity contribution is -0.140. The van der Waals surface area contributed by atoms with Gasteiger partial charge in [0.1, 0.15) is 0 Å². The summed E-state index contributed by atoms with van der Waals surface area (Å²) in [5.74, 6) is -0.731. The van der Waals surface area contributed by atoms with Gasteiger partial charge in [0.15, 0.2) is 11.4 Å². The Kier molecular flexibility index (Phi) is 4.55. The number of carbonyl (C=O) groups is 2. The third-order valence-electron chi connectivity index (χ3n) is 4.39. The largest absolute Gasteiger partial charge is 0.375 e. The molecule has 0 aliphatic carbocycles. The van der Waals surface area contributed by atoms with Crippen LogP contribution in [0.1, 0.15) is 31.4 Å². The Morgan fingerprint density at radius 3 is 2.44 bits per heavy atom. The van der Waals surface area contributed by atoms with Crippen molar-refractivity contribution in [2.75, 3.05) is 4.90 Å². The number of carbonyl (C=O) groups excluding carboxylic acids is 2. The number of rotatable bonds is 5. The molecule has 0 unspecified atom stereocenters. The minimum absolute atomic E-state index is 0.0994. The topological polar surface area (TPSA) is 57.6 Å². The van der Waals surface area contributed by atoms with Crippen LogP contribution in [0.4, 0.5) is 5.69 Å². The van der Waals surface area contributed by atoms with Crippen LogP contribution >= 0.6 is 0 Å².